The molecule has 25 heavy (non-hydrogen) atoms. The Labute approximate surface area is 148 Å². The molecule has 0 saturated carbocycles. The third-order valence-corrected chi connectivity index (χ3v) is 6.45. The molecule has 0 spiro atoms. The first kappa shape index (κ1) is 18.0. The summed E-state index contributed by atoms with van der Waals surface area (Å²) in [6.07, 6.45) is 4.32. The van der Waals surface area contributed by atoms with Gasteiger partial charge in [0.2, 0.25) is 0 Å². The van der Waals surface area contributed by atoms with Crippen LogP contribution in [0.4, 0.5) is 0 Å². The lowest BCUT2D eigenvalue weighted by Gasteiger charge is -2.35. The van der Waals surface area contributed by atoms with E-state index in [9.17, 15) is 8.42 Å². The molecule has 0 aromatic carbocycles. The van der Waals surface area contributed by atoms with Crippen LogP contribution in [0.5, 0.6) is 0 Å². The summed E-state index contributed by atoms with van der Waals surface area (Å²) in [5.41, 5.74) is 2.38. The molecule has 1 atom stereocenters. The van der Waals surface area contributed by atoms with Crippen molar-refractivity contribution in [2.24, 2.45) is 7.05 Å². The second-order valence-electron chi connectivity index (χ2n) is 6.48. The summed E-state index contributed by atoms with van der Waals surface area (Å²) in [7, 11) is 1.49. The quantitative estimate of drug-likeness (QED) is 0.821. The maximum atomic E-state index is 12.7. The van der Waals surface area contributed by atoms with Gasteiger partial charge in [0, 0.05) is 33.9 Å². The maximum absolute atomic E-state index is 12.7. The van der Waals surface area contributed by atoms with Gasteiger partial charge < -0.3 is 0 Å². The number of hydrogen-bond acceptors (Lipinski definition) is 5. The zero-order chi connectivity index (χ0) is 18.2. The Morgan fingerprint density at radius 2 is 2.00 bits per heavy atom. The van der Waals surface area contributed by atoms with E-state index in [4.69, 9.17) is 0 Å². The van der Waals surface area contributed by atoms with Crippen molar-refractivity contribution in [3.05, 3.63) is 29.8 Å². The molecule has 8 nitrogen and oxygen atoms in total. The van der Waals surface area contributed by atoms with Crippen molar-refractivity contribution in [2.45, 2.75) is 32.2 Å². The highest BCUT2D eigenvalue weighted by Crippen LogP contribution is 2.34. The van der Waals surface area contributed by atoms with Gasteiger partial charge in [0.05, 0.1) is 23.1 Å². The number of rotatable bonds is 4. The molecule has 1 aliphatic rings. The van der Waals surface area contributed by atoms with Gasteiger partial charge in [-0.3, -0.25) is 4.68 Å². The van der Waals surface area contributed by atoms with Gasteiger partial charge in [-0.2, -0.15) is 22.1 Å². The molecule has 3 rings (SSSR count). The van der Waals surface area contributed by atoms with Crippen LogP contribution in [0.1, 0.15) is 36.8 Å². The summed E-state index contributed by atoms with van der Waals surface area (Å²) in [4.78, 5) is 9.06. The van der Waals surface area contributed by atoms with Gasteiger partial charge in [-0.25, -0.2) is 9.97 Å². The first-order valence-corrected chi connectivity index (χ1v) is 9.73. The van der Waals surface area contributed by atoms with Crippen LogP contribution in [0.25, 0.3) is 11.4 Å². The van der Waals surface area contributed by atoms with Crippen LogP contribution in [-0.4, -0.2) is 57.4 Å². The molecule has 1 aliphatic heterocycles. The van der Waals surface area contributed by atoms with Crippen molar-refractivity contribution in [1.29, 1.82) is 0 Å². The molecule has 2 aromatic rings. The average Bonchev–Trinajstić information content (AvgIpc) is 3.00. The molecular weight excluding hydrogens is 340 g/mol. The Bertz CT molecular complexity index is 861. The third kappa shape index (κ3) is 3.44. The van der Waals surface area contributed by atoms with Crippen LogP contribution >= 0.6 is 0 Å². The molecule has 0 bridgehead atoms. The van der Waals surface area contributed by atoms with Crippen molar-refractivity contribution in [3.63, 3.8) is 0 Å². The molecule has 2 aromatic heterocycles. The standard InChI is InChI=1S/C16H24N6O2S/c1-12-18-13(15-8-9-17-21(15)4)11-14(19-12)16-7-5-6-10-22(16)25(23,24)20(2)3/h8-9,11,16H,5-7,10H2,1-4H3/t16-/m0/s1. The molecule has 136 valence electrons. The smallest absolute Gasteiger partial charge is 0.266 e. The lowest BCUT2D eigenvalue weighted by Crippen LogP contribution is -2.44. The number of nitrogens with zero attached hydrogens (tertiary/aromatic N) is 6. The van der Waals surface area contributed by atoms with E-state index in [0.717, 1.165) is 36.3 Å². The molecule has 0 radical (unpaired) electrons. The van der Waals surface area contributed by atoms with Crippen molar-refractivity contribution < 1.29 is 8.42 Å². The van der Waals surface area contributed by atoms with E-state index >= 15 is 0 Å². The molecule has 0 aliphatic carbocycles. The number of piperidine rings is 1. The van der Waals surface area contributed by atoms with Crippen molar-refractivity contribution in [2.75, 3.05) is 20.6 Å². The fourth-order valence-electron chi connectivity index (χ4n) is 3.20. The van der Waals surface area contributed by atoms with Crippen molar-refractivity contribution >= 4 is 10.2 Å². The highest BCUT2D eigenvalue weighted by Gasteiger charge is 2.35. The summed E-state index contributed by atoms with van der Waals surface area (Å²) >= 11 is 0. The fraction of sp³-hybridized carbons (Fsp3) is 0.562. The monoisotopic (exact) mass is 364 g/mol. The van der Waals surface area contributed by atoms with E-state index in [1.54, 1.807) is 29.3 Å². The third-order valence-electron chi connectivity index (χ3n) is 4.49. The van der Waals surface area contributed by atoms with Crippen LogP contribution in [0, 0.1) is 6.92 Å². The first-order chi connectivity index (χ1) is 11.8. The average molecular weight is 364 g/mol. The predicted molar refractivity (Wildman–Crippen MR) is 94.9 cm³/mol. The lowest BCUT2D eigenvalue weighted by atomic mass is 10.0. The lowest BCUT2D eigenvalue weighted by molar-refractivity contribution is 0.238. The van der Waals surface area contributed by atoms with E-state index in [1.165, 1.54) is 4.31 Å². The topological polar surface area (TPSA) is 84.2 Å². The second-order valence-corrected chi connectivity index (χ2v) is 8.57. The van der Waals surface area contributed by atoms with E-state index in [0.29, 0.717) is 12.4 Å². The van der Waals surface area contributed by atoms with Crippen LogP contribution < -0.4 is 0 Å². The Hall–Kier alpha value is -1.84. The Kier molecular flexibility index (Phi) is 4.90. The van der Waals surface area contributed by atoms with Gasteiger partial charge in [0.25, 0.3) is 10.2 Å². The Morgan fingerprint density at radius 1 is 1.24 bits per heavy atom. The van der Waals surface area contributed by atoms with Crippen molar-refractivity contribution in [1.82, 2.24) is 28.4 Å². The van der Waals surface area contributed by atoms with E-state index < -0.39 is 10.2 Å². The summed E-state index contributed by atoms with van der Waals surface area (Å²) in [6, 6.07) is 3.51. The van der Waals surface area contributed by atoms with Gasteiger partial charge in [0.1, 0.15) is 5.82 Å². The molecule has 1 saturated heterocycles. The van der Waals surface area contributed by atoms with Crippen molar-refractivity contribution in [3.8, 4) is 11.4 Å². The van der Waals surface area contributed by atoms with Gasteiger partial charge in [-0.1, -0.05) is 6.42 Å². The molecule has 9 heteroatoms. The van der Waals surface area contributed by atoms with Crippen LogP contribution in [0.2, 0.25) is 0 Å². The minimum atomic E-state index is -3.50. The predicted octanol–water partition coefficient (Wildman–Crippen LogP) is 1.52. The van der Waals surface area contributed by atoms with Crippen LogP contribution in [-0.2, 0) is 17.3 Å². The molecular formula is C16H24N6O2S. The van der Waals surface area contributed by atoms with Gasteiger partial charge in [0.15, 0.2) is 0 Å². The maximum Gasteiger partial charge on any atom is 0.282 e. The number of aromatic nitrogens is 4. The van der Waals surface area contributed by atoms with Gasteiger partial charge >= 0.3 is 0 Å². The summed E-state index contributed by atoms with van der Waals surface area (Å²) in [5, 5.41) is 4.19. The van der Waals surface area contributed by atoms with Crippen LogP contribution in [0.15, 0.2) is 18.3 Å². The highest BCUT2D eigenvalue weighted by molar-refractivity contribution is 7.86. The zero-order valence-corrected chi connectivity index (χ0v) is 15.9. The summed E-state index contributed by atoms with van der Waals surface area (Å²) < 4.78 is 30.0. The normalized spacial score (nSPS) is 19.5. The Morgan fingerprint density at radius 3 is 2.64 bits per heavy atom. The largest absolute Gasteiger partial charge is 0.282 e. The zero-order valence-electron chi connectivity index (χ0n) is 15.0. The summed E-state index contributed by atoms with van der Waals surface area (Å²) in [5.74, 6) is 0.626. The molecule has 0 amide bonds. The minimum Gasteiger partial charge on any atom is -0.266 e. The first-order valence-electron chi connectivity index (χ1n) is 8.34. The fourth-order valence-corrected chi connectivity index (χ4v) is 4.52. The van der Waals surface area contributed by atoms with Crippen LogP contribution in [0.3, 0.4) is 0 Å². The Balaban J connectivity index is 2.05. The molecule has 3 heterocycles. The number of hydrogen-bond donors (Lipinski definition) is 0. The minimum absolute atomic E-state index is 0.269. The van der Waals surface area contributed by atoms with E-state index in [2.05, 4.69) is 15.1 Å². The molecule has 1 fully saturated rings. The van der Waals surface area contributed by atoms with E-state index in [1.807, 2.05) is 26.1 Å². The molecule has 0 N–H and O–H groups in total. The highest BCUT2D eigenvalue weighted by atomic mass is 32.2. The second kappa shape index (κ2) is 6.81. The van der Waals surface area contributed by atoms with Gasteiger partial charge in [-0.05, 0) is 31.9 Å². The van der Waals surface area contributed by atoms with E-state index in [-0.39, 0.29) is 6.04 Å². The molecule has 0 unspecified atom stereocenters. The van der Waals surface area contributed by atoms with Gasteiger partial charge in [-0.15, -0.1) is 0 Å². The number of aryl methyl sites for hydroxylation is 2. The SMILES string of the molecule is Cc1nc(-c2ccnn2C)cc([C@@H]2CCCCN2S(=O)(=O)N(C)C)n1. The summed E-state index contributed by atoms with van der Waals surface area (Å²) in [6.45, 7) is 2.34.